The van der Waals surface area contributed by atoms with Crippen LogP contribution in [0, 0.1) is 0 Å². The zero-order valence-electron chi connectivity index (χ0n) is 15.6. The van der Waals surface area contributed by atoms with Gasteiger partial charge in [-0.05, 0) is 30.2 Å². The highest BCUT2D eigenvalue weighted by Crippen LogP contribution is 2.28. The van der Waals surface area contributed by atoms with E-state index < -0.39 is 12.0 Å². The highest BCUT2D eigenvalue weighted by atomic mass is 16.5. The van der Waals surface area contributed by atoms with Crippen LogP contribution in [0.2, 0.25) is 0 Å². The first-order valence-electron chi connectivity index (χ1n) is 8.93. The number of nitrogens with one attached hydrogen (secondary N) is 1. The Bertz CT molecular complexity index is 760. The Labute approximate surface area is 159 Å². The van der Waals surface area contributed by atoms with Crippen molar-refractivity contribution in [1.29, 1.82) is 0 Å². The molecule has 0 aliphatic rings. The van der Waals surface area contributed by atoms with Crippen molar-refractivity contribution in [3.63, 3.8) is 0 Å². The van der Waals surface area contributed by atoms with E-state index in [1.54, 1.807) is 30.3 Å². The van der Waals surface area contributed by atoms with Gasteiger partial charge in [0, 0.05) is 5.56 Å². The molecule has 0 aliphatic heterocycles. The lowest BCUT2D eigenvalue weighted by Gasteiger charge is -2.18. The molecule has 2 rings (SSSR count). The average molecular weight is 371 g/mol. The molecule has 6 nitrogen and oxygen atoms in total. The van der Waals surface area contributed by atoms with Crippen molar-refractivity contribution in [3.05, 3.63) is 59.7 Å². The van der Waals surface area contributed by atoms with Crippen LogP contribution < -0.4 is 14.8 Å². The van der Waals surface area contributed by atoms with E-state index in [0.29, 0.717) is 23.7 Å². The third kappa shape index (κ3) is 6.02. The van der Waals surface area contributed by atoms with Crippen LogP contribution in [0.15, 0.2) is 48.5 Å². The van der Waals surface area contributed by atoms with Crippen LogP contribution in [0.3, 0.4) is 0 Å². The topological polar surface area (TPSA) is 84.9 Å². The molecule has 0 fully saturated rings. The zero-order valence-corrected chi connectivity index (χ0v) is 15.6. The number of carbonyl (C=O) groups is 2. The van der Waals surface area contributed by atoms with Crippen molar-refractivity contribution >= 4 is 11.9 Å². The summed E-state index contributed by atoms with van der Waals surface area (Å²) >= 11 is 0. The average Bonchev–Trinajstić information content (AvgIpc) is 2.68. The molecule has 6 heteroatoms. The van der Waals surface area contributed by atoms with Crippen molar-refractivity contribution in [1.82, 2.24) is 5.32 Å². The Morgan fingerprint density at radius 2 is 1.85 bits per heavy atom. The number of hydrogen-bond donors (Lipinski definition) is 2. The second-order valence-corrected chi connectivity index (χ2v) is 6.10. The molecule has 2 N–H and O–H groups in total. The van der Waals surface area contributed by atoms with E-state index in [-0.39, 0.29) is 12.3 Å². The number of carboxylic acid groups (broad SMARTS) is 1. The van der Waals surface area contributed by atoms with Gasteiger partial charge in [0.2, 0.25) is 0 Å². The van der Waals surface area contributed by atoms with Crippen molar-refractivity contribution in [2.45, 2.75) is 32.2 Å². The van der Waals surface area contributed by atoms with Gasteiger partial charge in [-0.25, -0.2) is 0 Å². The van der Waals surface area contributed by atoms with Crippen LogP contribution in [0.5, 0.6) is 11.5 Å². The monoisotopic (exact) mass is 371 g/mol. The lowest BCUT2D eigenvalue weighted by molar-refractivity contribution is -0.137. The molecule has 27 heavy (non-hydrogen) atoms. The molecule has 0 heterocycles. The molecule has 144 valence electrons. The Hall–Kier alpha value is -3.02. The van der Waals surface area contributed by atoms with E-state index in [0.717, 1.165) is 18.4 Å². The first-order chi connectivity index (χ1) is 13.0. The van der Waals surface area contributed by atoms with E-state index in [4.69, 9.17) is 14.6 Å². The zero-order chi connectivity index (χ0) is 19.6. The number of rotatable bonds is 10. The van der Waals surface area contributed by atoms with Gasteiger partial charge in [0.05, 0.1) is 26.2 Å². The molecule has 0 saturated heterocycles. The van der Waals surface area contributed by atoms with Gasteiger partial charge in [0.25, 0.3) is 5.91 Å². The van der Waals surface area contributed by atoms with Crippen molar-refractivity contribution in [2.24, 2.45) is 0 Å². The Morgan fingerprint density at radius 1 is 1.11 bits per heavy atom. The third-order valence-electron chi connectivity index (χ3n) is 4.07. The largest absolute Gasteiger partial charge is 0.493 e. The number of hydrogen-bond acceptors (Lipinski definition) is 4. The molecular formula is C21H25NO5. The number of amides is 1. The number of unbranched alkanes of at least 4 members (excludes halogenated alkanes) is 1. The lowest BCUT2D eigenvalue weighted by Crippen LogP contribution is -2.30. The highest BCUT2D eigenvalue weighted by Gasteiger charge is 2.19. The summed E-state index contributed by atoms with van der Waals surface area (Å²) in [7, 11) is 1.51. The number of carboxylic acids is 1. The fourth-order valence-electron chi connectivity index (χ4n) is 2.61. The second kappa shape index (κ2) is 10.2. The summed E-state index contributed by atoms with van der Waals surface area (Å²) in [4.78, 5) is 23.8. The highest BCUT2D eigenvalue weighted by molar-refractivity contribution is 5.95. The van der Waals surface area contributed by atoms with Crippen molar-refractivity contribution in [2.75, 3.05) is 13.7 Å². The van der Waals surface area contributed by atoms with Gasteiger partial charge in [0.1, 0.15) is 0 Å². The van der Waals surface area contributed by atoms with Crippen molar-refractivity contribution in [3.8, 4) is 11.5 Å². The van der Waals surface area contributed by atoms with Crippen LogP contribution in [0.4, 0.5) is 0 Å². The molecule has 0 bridgehead atoms. The fourth-order valence-corrected chi connectivity index (χ4v) is 2.61. The van der Waals surface area contributed by atoms with Crippen LogP contribution in [-0.4, -0.2) is 30.7 Å². The SMILES string of the molecule is CCCCOc1ccc(C(=O)NC(CC(=O)O)c2ccccc2)cc1OC. The summed E-state index contributed by atoms with van der Waals surface area (Å²) in [5.74, 6) is -0.314. The van der Waals surface area contributed by atoms with Gasteiger partial charge in [0.15, 0.2) is 11.5 Å². The van der Waals surface area contributed by atoms with E-state index in [1.165, 1.54) is 7.11 Å². The molecule has 0 radical (unpaired) electrons. The van der Waals surface area contributed by atoms with Gasteiger partial charge in [-0.15, -0.1) is 0 Å². The Morgan fingerprint density at radius 3 is 2.48 bits per heavy atom. The van der Waals surface area contributed by atoms with Gasteiger partial charge in [-0.2, -0.15) is 0 Å². The Kier molecular flexibility index (Phi) is 7.67. The summed E-state index contributed by atoms with van der Waals surface area (Å²) in [5.41, 5.74) is 1.11. The molecule has 0 saturated carbocycles. The quantitative estimate of drug-likeness (QED) is 0.620. The van der Waals surface area contributed by atoms with Gasteiger partial charge >= 0.3 is 5.97 Å². The maximum atomic E-state index is 12.6. The van der Waals surface area contributed by atoms with Crippen LogP contribution in [-0.2, 0) is 4.79 Å². The number of methoxy groups -OCH3 is 1. The number of aliphatic carboxylic acids is 1. The van der Waals surface area contributed by atoms with E-state index in [9.17, 15) is 9.59 Å². The predicted octanol–water partition coefficient (Wildman–Crippen LogP) is 3.82. The standard InChI is InChI=1S/C21H25NO5/c1-3-4-12-27-18-11-10-16(13-19(18)26-2)21(25)22-17(14-20(23)24)15-8-6-5-7-9-15/h5-11,13,17H,3-4,12,14H2,1-2H3,(H,22,25)(H,23,24). The maximum Gasteiger partial charge on any atom is 0.305 e. The number of benzene rings is 2. The smallest absolute Gasteiger partial charge is 0.305 e. The first kappa shape index (κ1) is 20.3. The van der Waals surface area contributed by atoms with Gasteiger partial charge < -0.3 is 19.9 Å². The first-order valence-corrected chi connectivity index (χ1v) is 8.93. The number of ether oxygens (including phenoxy) is 2. The molecule has 2 aromatic rings. The second-order valence-electron chi connectivity index (χ2n) is 6.10. The molecule has 0 aromatic heterocycles. The maximum absolute atomic E-state index is 12.6. The lowest BCUT2D eigenvalue weighted by atomic mass is 10.0. The van der Waals surface area contributed by atoms with Crippen LogP contribution in [0.1, 0.15) is 48.1 Å². The van der Waals surface area contributed by atoms with Gasteiger partial charge in [-0.3, -0.25) is 9.59 Å². The van der Waals surface area contributed by atoms with E-state index in [1.807, 2.05) is 18.2 Å². The summed E-state index contributed by atoms with van der Waals surface area (Å²) in [6.07, 6.45) is 1.75. The fraction of sp³-hybridized carbons (Fsp3) is 0.333. The molecule has 0 aliphatic carbocycles. The molecule has 1 amide bonds. The minimum Gasteiger partial charge on any atom is -0.493 e. The number of carbonyl (C=O) groups excluding carboxylic acids is 1. The normalized spacial score (nSPS) is 11.5. The van der Waals surface area contributed by atoms with E-state index >= 15 is 0 Å². The van der Waals surface area contributed by atoms with Gasteiger partial charge in [-0.1, -0.05) is 43.7 Å². The summed E-state index contributed by atoms with van der Waals surface area (Å²) < 4.78 is 11.0. The summed E-state index contributed by atoms with van der Waals surface area (Å²) in [6, 6.07) is 13.3. The molecule has 2 aromatic carbocycles. The minimum atomic E-state index is -0.985. The third-order valence-corrected chi connectivity index (χ3v) is 4.07. The molecular weight excluding hydrogens is 346 g/mol. The molecule has 0 spiro atoms. The Balaban J connectivity index is 2.16. The molecule has 1 atom stereocenters. The summed E-state index contributed by atoms with van der Waals surface area (Å²) in [5, 5.41) is 12.0. The van der Waals surface area contributed by atoms with E-state index in [2.05, 4.69) is 12.2 Å². The molecule has 1 unspecified atom stereocenters. The van der Waals surface area contributed by atoms with Crippen LogP contribution in [0.25, 0.3) is 0 Å². The summed E-state index contributed by atoms with van der Waals surface area (Å²) in [6.45, 7) is 2.65. The minimum absolute atomic E-state index is 0.203. The van der Waals surface area contributed by atoms with Crippen LogP contribution >= 0.6 is 0 Å². The predicted molar refractivity (Wildman–Crippen MR) is 102 cm³/mol. The van der Waals surface area contributed by atoms with Crippen molar-refractivity contribution < 1.29 is 24.2 Å².